The molecule has 1 aromatic heterocycles. The molecular weight excluding hydrogens is 444 g/mol. The summed E-state index contributed by atoms with van der Waals surface area (Å²) in [7, 11) is 0. The number of aromatic nitrogens is 2. The Morgan fingerprint density at radius 2 is 1.29 bits per heavy atom. The number of rotatable bonds is 7. The second-order valence-corrected chi connectivity index (χ2v) is 8.74. The van der Waals surface area contributed by atoms with Gasteiger partial charge in [-0.15, -0.1) is 0 Å². The SMILES string of the molecule is O=c1ccn([C@@H]2O[C@H](COC(c3ccccc3)(c3ccccc3)c3ccccc3)[C@H]3OC23)c(=O)[nH]1. The normalized spacial score (nSPS) is 23.1. The largest absolute Gasteiger partial charge is 0.362 e. The van der Waals surface area contributed by atoms with Gasteiger partial charge in [-0.3, -0.25) is 14.3 Å². The average Bonchev–Trinajstić information content (AvgIpc) is 3.62. The molecule has 6 rings (SSSR count). The minimum Gasteiger partial charge on any atom is -0.362 e. The highest BCUT2D eigenvalue weighted by molar-refractivity contribution is 5.47. The molecule has 2 saturated heterocycles. The minimum absolute atomic E-state index is 0.182. The first-order valence-corrected chi connectivity index (χ1v) is 11.6. The molecule has 0 bridgehead atoms. The Bertz CT molecular complexity index is 1320. The molecule has 3 aromatic carbocycles. The molecule has 0 spiro atoms. The number of benzene rings is 3. The summed E-state index contributed by atoms with van der Waals surface area (Å²) in [6, 6.07) is 31.7. The molecule has 2 aliphatic rings. The predicted molar refractivity (Wildman–Crippen MR) is 129 cm³/mol. The van der Waals surface area contributed by atoms with E-state index in [1.165, 1.54) is 16.8 Å². The van der Waals surface area contributed by atoms with Gasteiger partial charge in [0.05, 0.1) is 6.61 Å². The minimum atomic E-state index is -0.871. The van der Waals surface area contributed by atoms with Crippen LogP contribution in [0.1, 0.15) is 22.9 Å². The Balaban J connectivity index is 1.36. The first-order valence-electron chi connectivity index (χ1n) is 11.6. The molecular formula is C28H24N2O5. The van der Waals surface area contributed by atoms with Gasteiger partial charge in [-0.05, 0) is 16.7 Å². The maximum Gasteiger partial charge on any atom is 0.330 e. The number of hydrogen-bond donors (Lipinski definition) is 1. The van der Waals surface area contributed by atoms with Crippen molar-refractivity contribution in [2.75, 3.05) is 6.61 Å². The van der Waals surface area contributed by atoms with Crippen molar-refractivity contribution in [2.45, 2.75) is 30.1 Å². The second-order valence-electron chi connectivity index (χ2n) is 8.74. The summed E-state index contributed by atoms with van der Waals surface area (Å²) in [6.45, 7) is 0.244. The monoisotopic (exact) mass is 468 g/mol. The summed E-state index contributed by atoms with van der Waals surface area (Å²) in [5.41, 5.74) is 1.15. The van der Waals surface area contributed by atoms with Crippen LogP contribution in [0.4, 0.5) is 0 Å². The van der Waals surface area contributed by atoms with Crippen LogP contribution in [-0.4, -0.2) is 34.5 Å². The van der Waals surface area contributed by atoms with Gasteiger partial charge in [0, 0.05) is 12.3 Å². The lowest BCUT2D eigenvalue weighted by Crippen LogP contribution is -2.38. The highest BCUT2D eigenvalue weighted by atomic mass is 16.7. The smallest absolute Gasteiger partial charge is 0.330 e. The van der Waals surface area contributed by atoms with E-state index < -0.39 is 23.1 Å². The molecule has 176 valence electrons. The molecule has 35 heavy (non-hydrogen) atoms. The van der Waals surface area contributed by atoms with Gasteiger partial charge >= 0.3 is 5.69 Å². The Morgan fingerprint density at radius 1 is 0.743 bits per heavy atom. The van der Waals surface area contributed by atoms with E-state index >= 15 is 0 Å². The predicted octanol–water partition coefficient (Wildman–Crippen LogP) is 3.21. The summed E-state index contributed by atoms with van der Waals surface area (Å²) < 4.78 is 20.3. The van der Waals surface area contributed by atoms with Crippen LogP contribution in [0.5, 0.6) is 0 Å². The fourth-order valence-corrected chi connectivity index (χ4v) is 4.96. The molecule has 1 N–H and O–H groups in total. The van der Waals surface area contributed by atoms with Crippen molar-refractivity contribution in [2.24, 2.45) is 0 Å². The van der Waals surface area contributed by atoms with Crippen molar-refractivity contribution in [3.63, 3.8) is 0 Å². The van der Waals surface area contributed by atoms with Crippen LogP contribution >= 0.6 is 0 Å². The van der Waals surface area contributed by atoms with Crippen molar-refractivity contribution < 1.29 is 14.2 Å². The molecule has 7 nitrogen and oxygen atoms in total. The lowest BCUT2D eigenvalue weighted by molar-refractivity contribution is -0.117. The molecule has 4 atom stereocenters. The molecule has 0 radical (unpaired) electrons. The van der Waals surface area contributed by atoms with Crippen LogP contribution < -0.4 is 11.2 Å². The molecule has 2 fully saturated rings. The van der Waals surface area contributed by atoms with Gasteiger partial charge in [-0.1, -0.05) is 91.0 Å². The van der Waals surface area contributed by atoms with Gasteiger partial charge in [0.25, 0.3) is 5.56 Å². The van der Waals surface area contributed by atoms with Crippen LogP contribution in [0.2, 0.25) is 0 Å². The maximum atomic E-state index is 12.3. The van der Waals surface area contributed by atoms with Crippen molar-refractivity contribution in [1.82, 2.24) is 9.55 Å². The van der Waals surface area contributed by atoms with E-state index in [0.717, 1.165) is 16.7 Å². The molecule has 1 unspecified atom stereocenters. The fraction of sp³-hybridized carbons (Fsp3) is 0.214. The summed E-state index contributed by atoms with van der Waals surface area (Å²) in [6.07, 6.45) is 0.0122. The van der Waals surface area contributed by atoms with Gasteiger partial charge in [0.1, 0.15) is 23.9 Å². The van der Waals surface area contributed by atoms with Crippen LogP contribution in [0, 0.1) is 0 Å². The highest BCUT2D eigenvalue weighted by Crippen LogP contribution is 2.46. The summed E-state index contributed by atoms with van der Waals surface area (Å²) >= 11 is 0. The average molecular weight is 469 g/mol. The van der Waals surface area contributed by atoms with Gasteiger partial charge in [-0.25, -0.2) is 4.79 Å². The van der Waals surface area contributed by atoms with E-state index in [2.05, 4.69) is 41.4 Å². The zero-order chi connectivity index (χ0) is 23.8. The molecule has 4 aromatic rings. The van der Waals surface area contributed by atoms with Crippen LogP contribution in [0.3, 0.4) is 0 Å². The topological polar surface area (TPSA) is 85.8 Å². The number of H-pyrrole nitrogens is 1. The number of hydrogen-bond acceptors (Lipinski definition) is 5. The third-order valence-electron chi connectivity index (χ3n) is 6.65. The Labute approximate surface area is 201 Å². The van der Waals surface area contributed by atoms with Gasteiger partial charge in [-0.2, -0.15) is 0 Å². The zero-order valence-electron chi connectivity index (χ0n) is 18.8. The van der Waals surface area contributed by atoms with E-state index in [1.54, 1.807) is 0 Å². The van der Waals surface area contributed by atoms with Crippen molar-refractivity contribution >= 4 is 0 Å². The molecule has 0 saturated carbocycles. The molecule has 3 heterocycles. The number of aromatic amines is 1. The Kier molecular flexibility index (Phi) is 5.45. The van der Waals surface area contributed by atoms with E-state index in [0.29, 0.717) is 0 Å². The molecule has 7 heteroatoms. The molecule has 0 aliphatic carbocycles. The highest BCUT2D eigenvalue weighted by Gasteiger charge is 2.59. The lowest BCUT2D eigenvalue weighted by Gasteiger charge is -2.37. The number of nitrogens with zero attached hydrogens (tertiary/aromatic N) is 1. The standard InChI is InChI=1S/C28H24N2O5/c31-23-16-17-30(27(32)29-23)26-25-24(35-25)22(34-26)18-33-28(19-10-4-1-5-11-19,20-12-6-2-7-13-20)21-14-8-3-9-15-21/h1-17,22,24-26H,18H2,(H,29,31,32)/t22-,24-,25?,26-/m1/s1. The number of ether oxygens (including phenoxy) is 3. The zero-order valence-corrected chi connectivity index (χ0v) is 18.8. The van der Waals surface area contributed by atoms with Crippen LogP contribution in [-0.2, 0) is 19.8 Å². The van der Waals surface area contributed by atoms with E-state index in [4.69, 9.17) is 14.2 Å². The van der Waals surface area contributed by atoms with Crippen molar-refractivity contribution in [3.8, 4) is 0 Å². The van der Waals surface area contributed by atoms with Crippen LogP contribution in [0.25, 0.3) is 0 Å². The molecule has 2 aliphatic heterocycles. The third-order valence-corrected chi connectivity index (χ3v) is 6.65. The Hall–Kier alpha value is -3.78. The van der Waals surface area contributed by atoms with Gasteiger partial charge in [0.2, 0.25) is 0 Å². The maximum absolute atomic E-state index is 12.3. The van der Waals surface area contributed by atoms with Gasteiger partial charge < -0.3 is 14.2 Å². The second kappa shape index (κ2) is 8.78. The Morgan fingerprint density at radius 3 is 1.80 bits per heavy atom. The van der Waals surface area contributed by atoms with Gasteiger partial charge in [0.15, 0.2) is 6.23 Å². The first-order chi connectivity index (χ1) is 17.2. The third kappa shape index (κ3) is 3.83. The first kappa shape index (κ1) is 21.7. The van der Waals surface area contributed by atoms with E-state index in [-0.39, 0.29) is 24.9 Å². The van der Waals surface area contributed by atoms with E-state index in [9.17, 15) is 9.59 Å². The summed E-state index contributed by atoms with van der Waals surface area (Å²) in [5.74, 6) is 0. The lowest BCUT2D eigenvalue weighted by atomic mass is 9.80. The molecule has 0 amide bonds. The van der Waals surface area contributed by atoms with Crippen molar-refractivity contribution in [3.05, 3.63) is 141 Å². The number of fused-ring (bicyclic) bond motifs is 1. The summed E-state index contributed by atoms with van der Waals surface area (Å²) in [5, 5.41) is 0. The van der Waals surface area contributed by atoms with Crippen molar-refractivity contribution in [1.29, 1.82) is 0 Å². The summed E-state index contributed by atoms with van der Waals surface area (Å²) in [4.78, 5) is 26.1. The van der Waals surface area contributed by atoms with E-state index in [1.807, 2.05) is 54.6 Å². The number of nitrogens with one attached hydrogen (secondary N) is 1. The van der Waals surface area contributed by atoms with Crippen LogP contribution in [0.15, 0.2) is 113 Å². The quantitative estimate of drug-likeness (QED) is 0.333. The number of epoxide rings is 1. The fourth-order valence-electron chi connectivity index (χ4n) is 4.96.